The second kappa shape index (κ2) is 7.57. The van der Waals surface area contributed by atoms with E-state index in [0.29, 0.717) is 24.2 Å². The normalized spacial score (nSPS) is 15.1. The van der Waals surface area contributed by atoms with Crippen molar-refractivity contribution in [1.29, 1.82) is 0 Å². The minimum atomic E-state index is -0.0681. The molecule has 124 valence electrons. The summed E-state index contributed by atoms with van der Waals surface area (Å²) in [7, 11) is 0. The lowest BCUT2D eigenvalue weighted by molar-refractivity contribution is 0.0698. The summed E-state index contributed by atoms with van der Waals surface area (Å²) in [5.74, 6) is -0.0449. The Bertz CT molecular complexity index is 711. The van der Waals surface area contributed by atoms with Gasteiger partial charge in [0.15, 0.2) is 0 Å². The van der Waals surface area contributed by atoms with Gasteiger partial charge in [0.2, 0.25) is 0 Å². The molecule has 1 aromatic carbocycles. The SMILES string of the molecule is O=C(NC1CCN(C(=O)c2ccncc2)CC1)c1ccc(Br)cc1. The van der Waals surface area contributed by atoms with Crippen LogP contribution >= 0.6 is 15.9 Å². The third kappa shape index (κ3) is 4.00. The molecule has 0 spiro atoms. The Morgan fingerprint density at radius 2 is 1.62 bits per heavy atom. The Hall–Kier alpha value is -2.21. The lowest BCUT2D eigenvalue weighted by Gasteiger charge is -2.32. The first-order valence-electron chi connectivity index (χ1n) is 7.89. The smallest absolute Gasteiger partial charge is 0.253 e. The maximum Gasteiger partial charge on any atom is 0.253 e. The van der Waals surface area contributed by atoms with Gasteiger partial charge in [-0.25, -0.2) is 0 Å². The van der Waals surface area contributed by atoms with Gasteiger partial charge in [-0.05, 0) is 49.2 Å². The van der Waals surface area contributed by atoms with E-state index in [1.807, 2.05) is 17.0 Å². The van der Waals surface area contributed by atoms with Crippen molar-refractivity contribution in [2.24, 2.45) is 0 Å². The van der Waals surface area contributed by atoms with Gasteiger partial charge in [-0.2, -0.15) is 0 Å². The zero-order chi connectivity index (χ0) is 16.9. The standard InChI is InChI=1S/C18H18BrN3O2/c19-15-3-1-13(2-4-15)17(23)21-16-7-11-22(12-8-16)18(24)14-5-9-20-10-6-14/h1-6,9-10,16H,7-8,11-12H2,(H,21,23). The summed E-state index contributed by atoms with van der Waals surface area (Å²) in [6.45, 7) is 1.29. The van der Waals surface area contributed by atoms with Crippen LogP contribution in [0.1, 0.15) is 33.6 Å². The molecule has 0 bridgehead atoms. The largest absolute Gasteiger partial charge is 0.349 e. The number of amides is 2. The van der Waals surface area contributed by atoms with E-state index in [-0.39, 0.29) is 17.9 Å². The van der Waals surface area contributed by atoms with E-state index in [9.17, 15) is 9.59 Å². The number of aromatic nitrogens is 1. The molecule has 5 nitrogen and oxygen atoms in total. The summed E-state index contributed by atoms with van der Waals surface area (Å²) in [5.41, 5.74) is 1.30. The fourth-order valence-electron chi connectivity index (χ4n) is 2.77. The van der Waals surface area contributed by atoms with Gasteiger partial charge in [0, 0.05) is 47.1 Å². The van der Waals surface area contributed by atoms with Crippen LogP contribution in [0.15, 0.2) is 53.3 Å². The number of nitrogens with zero attached hydrogens (tertiary/aromatic N) is 2. The van der Waals surface area contributed by atoms with E-state index < -0.39 is 0 Å². The third-order valence-corrected chi connectivity index (χ3v) is 4.68. The average molecular weight is 388 g/mol. The van der Waals surface area contributed by atoms with E-state index in [1.165, 1.54) is 0 Å². The number of rotatable bonds is 3. The molecule has 1 aliphatic rings. The van der Waals surface area contributed by atoms with Crippen LogP contribution in [0, 0.1) is 0 Å². The third-order valence-electron chi connectivity index (χ3n) is 4.15. The van der Waals surface area contributed by atoms with Crippen molar-refractivity contribution in [3.05, 3.63) is 64.4 Å². The topological polar surface area (TPSA) is 62.3 Å². The van der Waals surface area contributed by atoms with Crippen molar-refractivity contribution in [3.8, 4) is 0 Å². The summed E-state index contributed by atoms with van der Waals surface area (Å²) < 4.78 is 0.946. The van der Waals surface area contributed by atoms with E-state index in [4.69, 9.17) is 0 Å². The quantitative estimate of drug-likeness (QED) is 0.880. The Morgan fingerprint density at radius 3 is 2.25 bits per heavy atom. The molecule has 1 saturated heterocycles. The molecule has 2 heterocycles. The van der Waals surface area contributed by atoms with Crippen molar-refractivity contribution in [2.45, 2.75) is 18.9 Å². The molecule has 1 aromatic heterocycles. The highest BCUT2D eigenvalue weighted by Gasteiger charge is 2.24. The van der Waals surface area contributed by atoms with Crippen LogP contribution in [0.25, 0.3) is 0 Å². The Labute approximate surface area is 149 Å². The number of hydrogen-bond acceptors (Lipinski definition) is 3. The zero-order valence-corrected chi connectivity index (χ0v) is 14.7. The lowest BCUT2D eigenvalue weighted by atomic mass is 10.0. The summed E-state index contributed by atoms with van der Waals surface area (Å²) in [6.07, 6.45) is 4.77. The van der Waals surface area contributed by atoms with Gasteiger partial charge in [0.25, 0.3) is 11.8 Å². The lowest BCUT2D eigenvalue weighted by Crippen LogP contribution is -2.46. The molecular weight excluding hydrogens is 370 g/mol. The van der Waals surface area contributed by atoms with Crippen LogP contribution in [0.3, 0.4) is 0 Å². The second-order valence-corrected chi connectivity index (χ2v) is 6.70. The predicted octanol–water partition coefficient (Wildman–Crippen LogP) is 2.88. The van der Waals surface area contributed by atoms with Crippen molar-refractivity contribution in [1.82, 2.24) is 15.2 Å². The molecule has 1 aliphatic heterocycles. The number of likely N-dealkylation sites (tertiary alicyclic amines) is 1. The van der Waals surface area contributed by atoms with Gasteiger partial charge >= 0.3 is 0 Å². The highest BCUT2D eigenvalue weighted by Crippen LogP contribution is 2.15. The van der Waals surface area contributed by atoms with E-state index in [1.54, 1.807) is 36.7 Å². The summed E-state index contributed by atoms with van der Waals surface area (Å²) in [4.78, 5) is 30.4. The van der Waals surface area contributed by atoms with Gasteiger partial charge in [0.05, 0.1) is 0 Å². The van der Waals surface area contributed by atoms with Crippen LogP contribution < -0.4 is 5.32 Å². The molecule has 0 radical (unpaired) electrons. The van der Waals surface area contributed by atoms with Crippen LogP contribution in [0.5, 0.6) is 0 Å². The maximum atomic E-state index is 12.4. The Morgan fingerprint density at radius 1 is 1.00 bits per heavy atom. The molecule has 2 aromatic rings. The number of nitrogens with one attached hydrogen (secondary N) is 1. The van der Waals surface area contributed by atoms with Crippen LogP contribution in [-0.2, 0) is 0 Å². The Kier molecular flexibility index (Phi) is 5.25. The van der Waals surface area contributed by atoms with E-state index in [0.717, 1.165) is 17.3 Å². The van der Waals surface area contributed by atoms with E-state index >= 15 is 0 Å². The number of carbonyl (C=O) groups excluding carboxylic acids is 2. The molecule has 0 aliphatic carbocycles. The van der Waals surface area contributed by atoms with Gasteiger partial charge in [-0.1, -0.05) is 15.9 Å². The molecule has 1 fully saturated rings. The fraction of sp³-hybridized carbons (Fsp3) is 0.278. The van der Waals surface area contributed by atoms with Crippen LogP contribution in [0.2, 0.25) is 0 Å². The molecule has 2 amide bonds. The minimum Gasteiger partial charge on any atom is -0.349 e. The van der Waals surface area contributed by atoms with Crippen molar-refractivity contribution < 1.29 is 9.59 Å². The highest BCUT2D eigenvalue weighted by atomic mass is 79.9. The molecule has 0 unspecified atom stereocenters. The first-order valence-corrected chi connectivity index (χ1v) is 8.68. The van der Waals surface area contributed by atoms with Crippen molar-refractivity contribution in [2.75, 3.05) is 13.1 Å². The summed E-state index contributed by atoms with van der Waals surface area (Å²) in [5, 5.41) is 3.05. The molecule has 6 heteroatoms. The number of benzene rings is 1. The fourth-order valence-corrected chi connectivity index (χ4v) is 3.04. The Balaban J connectivity index is 1.53. The molecule has 0 saturated carbocycles. The summed E-state index contributed by atoms with van der Waals surface area (Å²) >= 11 is 3.36. The van der Waals surface area contributed by atoms with Gasteiger partial charge in [-0.3, -0.25) is 14.6 Å². The summed E-state index contributed by atoms with van der Waals surface area (Å²) in [6, 6.07) is 10.8. The number of halogens is 1. The molecule has 24 heavy (non-hydrogen) atoms. The van der Waals surface area contributed by atoms with Crippen molar-refractivity contribution >= 4 is 27.7 Å². The van der Waals surface area contributed by atoms with Gasteiger partial charge in [-0.15, -0.1) is 0 Å². The van der Waals surface area contributed by atoms with Crippen LogP contribution in [0.4, 0.5) is 0 Å². The number of carbonyl (C=O) groups is 2. The minimum absolute atomic E-state index is 0.0232. The molecular formula is C18H18BrN3O2. The van der Waals surface area contributed by atoms with Crippen LogP contribution in [-0.4, -0.2) is 40.8 Å². The first kappa shape index (κ1) is 16.6. The highest BCUT2D eigenvalue weighted by molar-refractivity contribution is 9.10. The number of hydrogen-bond donors (Lipinski definition) is 1. The molecule has 3 rings (SSSR count). The van der Waals surface area contributed by atoms with Gasteiger partial charge in [0.1, 0.15) is 0 Å². The van der Waals surface area contributed by atoms with Gasteiger partial charge < -0.3 is 10.2 Å². The maximum absolute atomic E-state index is 12.4. The van der Waals surface area contributed by atoms with Crippen molar-refractivity contribution in [3.63, 3.8) is 0 Å². The van der Waals surface area contributed by atoms with E-state index in [2.05, 4.69) is 26.2 Å². The first-order chi connectivity index (χ1) is 11.6. The monoisotopic (exact) mass is 387 g/mol. The predicted molar refractivity (Wildman–Crippen MR) is 94.8 cm³/mol. The average Bonchev–Trinajstić information content (AvgIpc) is 2.63. The number of pyridine rings is 1. The molecule has 0 atom stereocenters. The molecule has 1 N–H and O–H groups in total. The second-order valence-electron chi connectivity index (χ2n) is 5.78. The zero-order valence-electron chi connectivity index (χ0n) is 13.1. The number of piperidine rings is 1.